The van der Waals surface area contributed by atoms with Gasteiger partial charge in [0.2, 0.25) is 0 Å². The van der Waals surface area contributed by atoms with Crippen LogP contribution in [0.3, 0.4) is 0 Å². The first-order valence-corrected chi connectivity index (χ1v) is 8.10. The summed E-state index contributed by atoms with van der Waals surface area (Å²) >= 11 is 1.92. The molecule has 0 aliphatic carbocycles. The SMILES string of the molecule is Cc1ccc(C(N)C(C)SCc2cccc(C)c2)cc1. The molecule has 0 bridgehead atoms. The zero-order valence-corrected chi connectivity index (χ0v) is 13.3. The Morgan fingerprint density at radius 2 is 1.70 bits per heavy atom. The van der Waals surface area contributed by atoms with E-state index in [2.05, 4.69) is 69.3 Å². The van der Waals surface area contributed by atoms with Crippen LogP contribution in [0.2, 0.25) is 0 Å². The van der Waals surface area contributed by atoms with Crippen molar-refractivity contribution in [2.24, 2.45) is 5.73 Å². The molecule has 0 heterocycles. The predicted octanol–water partition coefficient (Wildman–Crippen LogP) is 4.63. The lowest BCUT2D eigenvalue weighted by Gasteiger charge is -2.20. The molecule has 0 aliphatic heterocycles. The molecule has 0 amide bonds. The third-order valence-corrected chi connectivity index (χ3v) is 4.88. The summed E-state index contributed by atoms with van der Waals surface area (Å²) in [5.41, 5.74) is 11.6. The standard InChI is InChI=1S/C18H23NS/c1-13-7-9-17(10-8-13)18(19)15(3)20-12-16-6-4-5-14(2)11-16/h4-11,15,18H,12,19H2,1-3H3. The smallest absolute Gasteiger partial charge is 0.0412 e. The van der Waals surface area contributed by atoms with Gasteiger partial charge in [0.1, 0.15) is 0 Å². The minimum atomic E-state index is 0.0883. The summed E-state index contributed by atoms with van der Waals surface area (Å²) in [5.74, 6) is 1.02. The van der Waals surface area contributed by atoms with Crippen molar-refractivity contribution in [1.82, 2.24) is 0 Å². The van der Waals surface area contributed by atoms with Gasteiger partial charge in [-0.15, -0.1) is 0 Å². The number of thioether (sulfide) groups is 1. The van der Waals surface area contributed by atoms with Crippen LogP contribution < -0.4 is 5.73 Å². The Labute approximate surface area is 126 Å². The van der Waals surface area contributed by atoms with Crippen LogP contribution in [0, 0.1) is 13.8 Å². The molecule has 106 valence electrons. The molecule has 0 aliphatic rings. The highest BCUT2D eigenvalue weighted by molar-refractivity contribution is 7.99. The Bertz CT molecular complexity index is 548. The van der Waals surface area contributed by atoms with Crippen molar-refractivity contribution in [2.75, 3.05) is 0 Å². The topological polar surface area (TPSA) is 26.0 Å². The zero-order chi connectivity index (χ0) is 14.5. The van der Waals surface area contributed by atoms with E-state index < -0.39 is 0 Å². The fourth-order valence-electron chi connectivity index (χ4n) is 2.19. The summed E-state index contributed by atoms with van der Waals surface area (Å²) in [5, 5.41) is 0.401. The molecular weight excluding hydrogens is 262 g/mol. The third kappa shape index (κ3) is 4.12. The summed E-state index contributed by atoms with van der Waals surface area (Å²) in [6.07, 6.45) is 0. The molecular formula is C18H23NS. The van der Waals surface area contributed by atoms with Crippen molar-refractivity contribution < 1.29 is 0 Å². The van der Waals surface area contributed by atoms with E-state index in [0.29, 0.717) is 5.25 Å². The molecule has 2 aromatic carbocycles. The quantitative estimate of drug-likeness (QED) is 0.867. The van der Waals surface area contributed by atoms with Gasteiger partial charge in [-0.25, -0.2) is 0 Å². The molecule has 2 N–H and O–H groups in total. The van der Waals surface area contributed by atoms with Gasteiger partial charge in [-0.3, -0.25) is 0 Å². The summed E-state index contributed by atoms with van der Waals surface area (Å²) < 4.78 is 0. The van der Waals surface area contributed by atoms with Crippen molar-refractivity contribution >= 4 is 11.8 Å². The van der Waals surface area contributed by atoms with E-state index in [1.54, 1.807) is 0 Å². The maximum atomic E-state index is 6.36. The van der Waals surface area contributed by atoms with Gasteiger partial charge in [0.05, 0.1) is 0 Å². The van der Waals surface area contributed by atoms with Crippen LogP contribution in [0.4, 0.5) is 0 Å². The van der Waals surface area contributed by atoms with Crippen LogP contribution in [0.1, 0.15) is 35.2 Å². The molecule has 0 fully saturated rings. The van der Waals surface area contributed by atoms with Crippen molar-refractivity contribution in [1.29, 1.82) is 0 Å². The first-order valence-electron chi connectivity index (χ1n) is 7.05. The molecule has 1 nitrogen and oxygen atoms in total. The van der Waals surface area contributed by atoms with Crippen molar-refractivity contribution in [3.63, 3.8) is 0 Å². The van der Waals surface area contributed by atoms with Crippen LogP contribution in [0.5, 0.6) is 0 Å². The van der Waals surface area contributed by atoms with Gasteiger partial charge in [-0.05, 0) is 25.0 Å². The highest BCUT2D eigenvalue weighted by Gasteiger charge is 2.15. The predicted molar refractivity (Wildman–Crippen MR) is 90.0 cm³/mol. The molecule has 2 aromatic rings. The van der Waals surface area contributed by atoms with E-state index in [1.165, 1.54) is 22.3 Å². The van der Waals surface area contributed by atoms with Crippen LogP contribution in [0.25, 0.3) is 0 Å². The summed E-state index contributed by atoms with van der Waals surface area (Å²) in [6, 6.07) is 17.3. The Kier molecular flexibility index (Phi) is 5.27. The number of hydrogen-bond acceptors (Lipinski definition) is 2. The Morgan fingerprint density at radius 3 is 2.35 bits per heavy atom. The fraction of sp³-hybridized carbons (Fsp3) is 0.333. The summed E-state index contributed by atoms with van der Waals surface area (Å²) in [7, 11) is 0. The van der Waals surface area contributed by atoms with Gasteiger partial charge in [-0.2, -0.15) is 11.8 Å². The van der Waals surface area contributed by atoms with E-state index >= 15 is 0 Å². The highest BCUT2D eigenvalue weighted by atomic mass is 32.2. The summed E-state index contributed by atoms with van der Waals surface area (Å²) in [4.78, 5) is 0. The van der Waals surface area contributed by atoms with E-state index in [-0.39, 0.29) is 6.04 Å². The lowest BCUT2D eigenvalue weighted by molar-refractivity contribution is 0.714. The number of aryl methyl sites for hydroxylation is 2. The third-order valence-electron chi connectivity index (χ3n) is 3.56. The first-order chi connectivity index (χ1) is 9.56. The molecule has 0 spiro atoms. The van der Waals surface area contributed by atoms with E-state index in [9.17, 15) is 0 Å². The Balaban J connectivity index is 1.94. The number of hydrogen-bond donors (Lipinski definition) is 1. The van der Waals surface area contributed by atoms with E-state index in [1.807, 2.05) is 11.8 Å². The average molecular weight is 285 g/mol. The number of nitrogens with two attached hydrogens (primary N) is 1. The minimum absolute atomic E-state index is 0.0883. The van der Waals surface area contributed by atoms with Gasteiger partial charge in [-0.1, -0.05) is 66.6 Å². The summed E-state index contributed by atoms with van der Waals surface area (Å²) in [6.45, 7) is 6.45. The maximum absolute atomic E-state index is 6.36. The monoisotopic (exact) mass is 285 g/mol. The van der Waals surface area contributed by atoms with Crippen molar-refractivity contribution in [3.8, 4) is 0 Å². The van der Waals surface area contributed by atoms with Gasteiger partial charge in [0, 0.05) is 17.0 Å². The second kappa shape index (κ2) is 6.96. The Hall–Kier alpha value is -1.25. The Morgan fingerprint density at radius 1 is 1.00 bits per heavy atom. The van der Waals surface area contributed by atoms with Crippen molar-refractivity contribution in [2.45, 2.75) is 37.8 Å². The molecule has 0 radical (unpaired) electrons. The van der Waals surface area contributed by atoms with E-state index in [0.717, 1.165) is 5.75 Å². The maximum Gasteiger partial charge on any atom is 0.0412 e. The minimum Gasteiger partial charge on any atom is -0.323 e. The van der Waals surface area contributed by atoms with Crippen LogP contribution in [0.15, 0.2) is 48.5 Å². The largest absolute Gasteiger partial charge is 0.323 e. The zero-order valence-electron chi connectivity index (χ0n) is 12.5. The second-order valence-electron chi connectivity index (χ2n) is 5.44. The molecule has 2 atom stereocenters. The fourth-order valence-corrected chi connectivity index (χ4v) is 3.19. The molecule has 2 rings (SSSR count). The van der Waals surface area contributed by atoms with Gasteiger partial charge in [0.15, 0.2) is 0 Å². The van der Waals surface area contributed by atoms with Gasteiger partial charge >= 0.3 is 0 Å². The van der Waals surface area contributed by atoms with Crippen LogP contribution in [-0.2, 0) is 5.75 Å². The first kappa shape index (κ1) is 15.1. The van der Waals surface area contributed by atoms with Gasteiger partial charge < -0.3 is 5.73 Å². The highest BCUT2D eigenvalue weighted by Crippen LogP contribution is 2.27. The average Bonchev–Trinajstić information content (AvgIpc) is 2.45. The lowest BCUT2D eigenvalue weighted by Crippen LogP contribution is -2.21. The molecule has 2 heteroatoms. The molecule has 0 aromatic heterocycles. The van der Waals surface area contributed by atoms with Gasteiger partial charge in [0.25, 0.3) is 0 Å². The molecule has 20 heavy (non-hydrogen) atoms. The molecule has 0 saturated carbocycles. The molecule has 0 saturated heterocycles. The number of rotatable bonds is 5. The molecule has 2 unspecified atom stereocenters. The van der Waals surface area contributed by atoms with Crippen molar-refractivity contribution in [3.05, 3.63) is 70.8 Å². The lowest BCUT2D eigenvalue weighted by atomic mass is 10.0. The van der Waals surface area contributed by atoms with E-state index in [4.69, 9.17) is 5.73 Å². The van der Waals surface area contributed by atoms with Crippen LogP contribution in [-0.4, -0.2) is 5.25 Å². The normalized spacial score (nSPS) is 14.0. The van der Waals surface area contributed by atoms with Crippen LogP contribution >= 0.6 is 11.8 Å². The second-order valence-corrected chi connectivity index (χ2v) is 6.81. The number of benzene rings is 2.